The van der Waals surface area contributed by atoms with Crippen molar-refractivity contribution in [3.05, 3.63) is 28.3 Å². The van der Waals surface area contributed by atoms with E-state index in [2.05, 4.69) is 8.83 Å². The van der Waals surface area contributed by atoms with Gasteiger partial charge in [0.15, 0.2) is 11.3 Å². The zero-order chi connectivity index (χ0) is 10.3. The molecule has 2 N–H and O–H groups in total. The van der Waals surface area contributed by atoms with E-state index in [-0.39, 0.29) is 16.7 Å². The molecule has 72 valence electrons. The van der Waals surface area contributed by atoms with Gasteiger partial charge in [0.1, 0.15) is 0 Å². The number of benzene rings is 1. The SMILES string of the molecule is O=C(O)c1cc(O)c2oc(=O)oc2c1. The Labute approximate surface area is 76.0 Å². The van der Waals surface area contributed by atoms with E-state index in [1.165, 1.54) is 0 Å². The van der Waals surface area contributed by atoms with Gasteiger partial charge in [-0.25, -0.2) is 9.59 Å². The molecule has 1 aromatic heterocycles. The molecule has 2 rings (SSSR count). The Morgan fingerprint density at radius 2 is 2.00 bits per heavy atom. The highest BCUT2D eigenvalue weighted by Crippen LogP contribution is 2.25. The Kier molecular flexibility index (Phi) is 1.57. The Morgan fingerprint density at radius 3 is 2.64 bits per heavy atom. The second kappa shape index (κ2) is 2.63. The highest BCUT2D eigenvalue weighted by Gasteiger charge is 2.13. The molecule has 0 saturated carbocycles. The lowest BCUT2D eigenvalue weighted by atomic mass is 10.2. The molecule has 2 aromatic rings. The minimum Gasteiger partial charge on any atom is -0.504 e. The van der Waals surface area contributed by atoms with Gasteiger partial charge in [0, 0.05) is 0 Å². The van der Waals surface area contributed by atoms with Gasteiger partial charge in [-0.15, -0.1) is 0 Å². The Bertz CT molecular complexity index is 561. The first-order chi connectivity index (χ1) is 6.58. The Hall–Kier alpha value is -2.24. The van der Waals surface area contributed by atoms with Gasteiger partial charge in [-0.2, -0.15) is 0 Å². The van der Waals surface area contributed by atoms with Gasteiger partial charge in [0.2, 0.25) is 5.58 Å². The average Bonchev–Trinajstić information content (AvgIpc) is 2.45. The largest absolute Gasteiger partial charge is 0.519 e. The van der Waals surface area contributed by atoms with Crippen LogP contribution in [0.25, 0.3) is 11.2 Å². The van der Waals surface area contributed by atoms with Crippen molar-refractivity contribution in [2.45, 2.75) is 0 Å². The summed E-state index contributed by atoms with van der Waals surface area (Å²) in [5.41, 5.74) is -0.424. The smallest absolute Gasteiger partial charge is 0.504 e. The predicted octanol–water partition coefficient (Wildman–Crippen LogP) is 0.790. The molecule has 0 unspecified atom stereocenters. The number of rotatable bonds is 1. The Morgan fingerprint density at radius 1 is 1.29 bits per heavy atom. The van der Waals surface area contributed by atoms with Crippen molar-refractivity contribution in [1.29, 1.82) is 0 Å². The van der Waals surface area contributed by atoms with Crippen LogP contribution >= 0.6 is 0 Å². The Balaban J connectivity index is 2.84. The van der Waals surface area contributed by atoms with Crippen LogP contribution in [0, 0.1) is 0 Å². The van der Waals surface area contributed by atoms with Crippen LogP contribution in [0.5, 0.6) is 5.75 Å². The molecular weight excluding hydrogens is 192 g/mol. The molecule has 0 radical (unpaired) electrons. The molecule has 0 spiro atoms. The number of phenols is 1. The van der Waals surface area contributed by atoms with Crippen molar-refractivity contribution < 1.29 is 23.8 Å². The quantitative estimate of drug-likeness (QED) is 0.699. The molecule has 0 atom stereocenters. The van der Waals surface area contributed by atoms with Crippen molar-refractivity contribution in [3.63, 3.8) is 0 Å². The van der Waals surface area contributed by atoms with E-state index < -0.39 is 17.5 Å². The summed E-state index contributed by atoms with van der Waals surface area (Å²) < 4.78 is 8.96. The van der Waals surface area contributed by atoms with E-state index in [1.54, 1.807) is 0 Å². The van der Waals surface area contributed by atoms with Gasteiger partial charge in [-0.3, -0.25) is 0 Å². The maximum absolute atomic E-state index is 10.6. The lowest BCUT2D eigenvalue weighted by Gasteiger charge is -1.94. The lowest BCUT2D eigenvalue weighted by molar-refractivity contribution is 0.0696. The summed E-state index contributed by atoms with van der Waals surface area (Å²) in [5.74, 6) is -2.66. The number of carboxylic acids is 1. The van der Waals surface area contributed by atoms with E-state index in [1.807, 2.05) is 0 Å². The second-order valence-electron chi connectivity index (χ2n) is 2.58. The van der Waals surface area contributed by atoms with E-state index in [4.69, 9.17) is 5.11 Å². The third-order valence-electron chi connectivity index (χ3n) is 1.66. The molecule has 0 aliphatic heterocycles. The van der Waals surface area contributed by atoms with Gasteiger partial charge in [0.25, 0.3) is 0 Å². The fourth-order valence-corrected chi connectivity index (χ4v) is 1.08. The van der Waals surface area contributed by atoms with Crippen LogP contribution in [-0.2, 0) is 0 Å². The van der Waals surface area contributed by atoms with Crippen LogP contribution in [0.15, 0.2) is 25.8 Å². The fraction of sp³-hybridized carbons (Fsp3) is 0. The fourth-order valence-electron chi connectivity index (χ4n) is 1.08. The lowest BCUT2D eigenvalue weighted by Crippen LogP contribution is -1.94. The van der Waals surface area contributed by atoms with E-state index >= 15 is 0 Å². The summed E-state index contributed by atoms with van der Waals surface area (Å²) in [6.45, 7) is 0. The molecule has 0 aliphatic carbocycles. The molecule has 0 saturated heterocycles. The number of hydrogen-bond acceptors (Lipinski definition) is 5. The normalized spacial score (nSPS) is 10.6. The van der Waals surface area contributed by atoms with Crippen LogP contribution in [0.4, 0.5) is 0 Å². The second-order valence-corrected chi connectivity index (χ2v) is 2.58. The van der Waals surface area contributed by atoms with Crippen LogP contribution in [0.2, 0.25) is 0 Å². The molecule has 0 amide bonds. The third kappa shape index (κ3) is 1.13. The molecular formula is C8H4O6. The van der Waals surface area contributed by atoms with E-state index in [9.17, 15) is 14.7 Å². The van der Waals surface area contributed by atoms with Crippen LogP contribution in [0.1, 0.15) is 10.4 Å². The van der Waals surface area contributed by atoms with Crippen LogP contribution < -0.4 is 5.82 Å². The van der Waals surface area contributed by atoms with Crippen molar-refractivity contribution in [1.82, 2.24) is 0 Å². The minimum atomic E-state index is -1.23. The standard InChI is InChI=1S/C8H4O6/c9-4-1-3(7(10)11)2-5-6(4)14-8(12)13-5/h1-2,9H,(H,10,11). The van der Waals surface area contributed by atoms with Gasteiger partial charge in [0.05, 0.1) is 5.56 Å². The van der Waals surface area contributed by atoms with Crippen molar-refractivity contribution in [2.75, 3.05) is 0 Å². The van der Waals surface area contributed by atoms with Gasteiger partial charge in [-0.05, 0) is 12.1 Å². The number of aromatic carboxylic acids is 1. The average molecular weight is 196 g/mol. The van der Waals surface area contributed by atoms with Crippen molar-refractivity contribution in [2.24, 2.45) is 0 Å². The number of carbonyl (C=O) groups is 1. The molecule has 14 heavy (non-hydrogen) atoms. The van der Waals surface area contributed by atoms with Gasteiger partial charge >= 0.3 is 11.8 Å². The topological polar surface area (TPSA) is 101 Å². The first kappa shape index (κ1) is 8.36. The summed E-state index contributed by atoms with van der Waals surface area (Å²) in [7, 11) is 0. The third-order valence-corrected chi connectivity index (χ3v) is 1.66. The van der Waals surface area contributed by atoms with Gasteiger partial charge < -0.3 is 19.0 Å². The maximum atomic E-state index is 10.6. The first-order valence-corrected chi connectivity index (χ1v) is 3.58. The highest BCUT2D eigenvalue weighted by molar-refractivity contribution is 5.93. The van der Waals surface area contributed by atoms with Crippen molar-refractivity contribution in [3.8, 4) is 5.75 Å². The molecule has 6 heteroatoms. The van der Waals surface area contributed by atoms with Crippen molar-refractivity contribution >= 4 is 17.1 Å². The number of fused-ring (bicyclic) bond motifs is 1. The molecule has 0 fully saturated rings. The zero-order valence-corrected chi connectivity index (χ0v) is 6.68. The summed E-state index contributed by atoms with van der Waals surface area (Å²) in [5, 5.41) is 17.9. The molecule has 1 aromatic carbocycles. The first-order valence-electron chi connectivity index (χ1n) is 3.58. The number of carboxylic acid groups (broad SMARTS) is 1. The molecule has 0 aliphatic rings. The van der Waals surface area contributed by atoms with Crippen LogP contribution in [-0.4, -0.2) is 16.2 Å². The summed E-state index contributed by atoms with van der Waals surface area (Å²) in [6, 6.07) is 2.07. The molecule has 0 bridgehead atoms. The highest BCUT2D eigenvalue weighted by atomic mass is 16.6. The summed E-state index contributed by atoms with van der Waals surface area (Å²) >= 11 is 0. The number of phenolic OH excluding ortho intramolecular Hbond substituents is 1. The predicted molar refractivity (Wildman–Crippen MR) is 43.4 cm³/mol. The number of hydrogen-bond donors (Lipinski definition) is 2. The summed E-state index contributed by atoms with van der Waals surface area (Å²) in [6.07, 6.45) is 0. The minimum absolute atomic E-state index is 0.0904. The van der Waals surface area contributed by atoms with Gasteiger partial charge in [-0.1, -0.05) is 0 Å². The maximum Gasteiger partial charge on any atom is 0.519 e. The zero-order valence-electron chi connectivity index (χ0n) is 6.68. The molecule has 6 nitrogen and oxygen atoms in total. The monoisotopic (exact) mass is 196 g/mol. The van der Waals surface area contributed by atoms with E-state index in [0.29, 0.717) is 0 Å². The molecule has 1 heterocycles. The van der Waals surface area contributed by atoms with E-state index in [0.717, 1.165) is 12.1 Å². The van der Waals surface area contributed by atoms with Crippen LogP contribution in [0.3, 0.4) is 0 Å². The number of aromatic hydroxyl groups is 1. The summed E-state index contributed by atoms with van der Waals surface area (Å²) in [4.78, 5) is 21.2.